The molecule has 0 heterocycles. The van der Waals surface area contributed by atoms with Crippen LogP contribution in [0, 0.1) is 19.3 Å². The van der Waals surface area contributed by atoms with Gasteiger partial charge in [0.2, 0.25) is 0 Å². The molecule has 1 aromatic rings. The molecule has 0 aliphatic heterocycles. The van der Waals surface area contributed by atoms with E-state index in [0.29, 0.717) is 6.42 Å². The Morgan fingerprint density at radius 3 is 2.12 bits per heavy atom. The van der Waals surface area contributed by atoms with Crippen LogP contribution >= 0.6 is 0 Å². The van der Waals surface area contributed by atoms with Crippen molar-refractivity contribution < 1.29 is 4.79 Å². The third-order valence-electron chi connectivity index (χ3n) is 3.25. The summed E-state index contributed by atoms with van der Waals surface area (Å²) in [5.41, 5.74) is 5.02. The normalized spacial score (nSPS) is 19.1. The molecule has 0 fully saturated rings. The third-order valence-corrected chi connectivity index (χ3v) is 3.25. The van der Waals surface area contributed by atoms with Gasteiger partial charge in [0, 0.05) is 6.42 Å². The van der Waals surface area contributed by atoms with Crippen LogP contribution < -0.4 is 0 Å². The number of aryl methyl sites for hydroxylation is 2. The molecule has 0 bridgehead atoms. The van der Waals surface area contributed by atoms with Crippen LogP contribution in [0.4, 0.5) is 0 Å². The summed E-state index contributed by atoms with van der Waals surface area (Å²) in [5.74, 6) is 0.260. The van der Waals surface area contributed by atoms with Crippen LogP contribution in [0.25, 0.3) is 5.57 Å². The smallest absolute Gasteiger partial charge is 0.156 e. The molecule has 1 aromatic carbocycles. The highest BCUT2D eigenvalue weighted by Gasteiger charge is 2.27. The summed E-state index contributed by atoms with van der Waals surface area (Å²) < 4.78 is 0. The second kappa shape index (κ2) is 4.14. The van der Waals surface area contributed by atoms with E-state index >= 15 is 0 Å². The Labute approximate surface area is 104 Å². The number of allylic oxidation sites excluding steroid dienone is 2. The van der Waals surface area contributed by atoms with E-state index in [4.69, 9.17) is 0 Å². The average Bonchev–Trinajstić information content (AvgIpc) is 2.12. The molecule has 1 aliphatic rings. The average molecular weight is 228 g/mol. The van der Waals surface area contributed by atoms with E-state index in [9.17, 15) is 4.79 Å². The van der Waals surface area contributed by atoms with Crippen LogP contribution in [-0.2, 0) is 4.79 Å². The lowest BCUT2D eigenvalue weighted by Crippen LogP contribution is -2.21. The van der Waals surface area contributed by atoms with Gasteiger partial charge in [0.05, 0.1) is 0 Å². The number of hydrogen-bond donors (Lipinski definition) is 0. The fourth-order valence-corrected chi connectivity index (χ4v) is 2.69. The molecule has 0 atom stereocenters. The molecule has 1 heteroatoms. The first kappa shape index (κ1) is 12.1. The first-order chi connectivity index (χ1) is 7.85. The second-order valence-electron chi connectivity index (χ2n) is 6.03. The highest BCUT2D eigenvalue weighted by Crippen LogP contribution is 2.38. The van der Waals surface area contributed by atoms with Gasteiger partial charge in [-0.25, -0.2) is 0 Å². The second-order valence-corrected chi connectivity index (χ2v) is 6.03. The predicted octanol–water partition coefficient (Wildman–Crippen LogP) is 4.08. The zero-order chi connectivity index (χ0) is 12.6. The lowest BCUT2D eigenvalue weighted by molar-refractivity contribution is -0.116. The van der Waals surface area contributed by atoms with Crippen LogP contribution in [0.3, 0.4) is 0 Å². The van der Waals surface area contributed by atoms with Crippen molar-refractivity contribution in [3.05, 3.63) is 41.0 Å². The quantitative estimate of drug-likeness (QED) is 0.708. The molecule has 0 saturated heterocycles. The fourth-order valence-electron chi connectivity index (χ4n) is 2.69. The van der Waals surface area contributed by atoms with Gasteiger partial charge in [-0.15, -0.1) is 0 Å². The van der Waals surface area contributed by atoms with E-state index in [1.165, 1.54) is 22.3 Å². The van der Waals surface area contributed by atoms with Crippen LogP contribution in [-0.4, -0.2) is 5.78 Å². The Morgan fingerprint density at radius 2 is 1.59 bits per heavy atom. The van der Waals surface area contributed by atoms with Gasteiger partial charge in [-0.05, 0) is 42.9 Å². The molecule has 17 heavy (non-hydrogen) atoms. The minimum Gasteiger partial charge on any atom is -0.295 e. The predicted molar refractivity (Wildman–Crippen MR) is 71.9 cm³/mol. The number of ketones is 1. The molecular weight excluding hydrogens is 208 g/mol. The molecule has 0 N–H and O–H groups in total. The monoisotopic (exact) mass is 228 g/mol. The Bertz CT molecular complexity index is 472. The molecule has 1 aliphatic carbocycles. The lowest BCUT2D eigenvalue weighted by atomic mass is 9.75. The molecule has 90 valence electrons. The summed E-state index contributed by atoms with van der Waals surface area (Å²) >= 11 is 0. The van der Waals surface area contributed by atoms with Crippen LogP contribution in [0.2, 0.25) is 0 Å². The summed E-state index contributed by atoms with van der Waals surface area (Å²) in [7, 11) is 0. The van der Waals surface area contributed by atoms with Crippen molar-refractivity contribution in [3.8, 4) is 0 Å². The molecule has 0 spiro atoms. The molecular formula is C16H20O. The van der Waals surface area contributed by atoms with Crippen molar-refractivity contribution in [1.82, 2.24) is 0 Å². The van der Waals surface area contributed by atoms with Gasteiger partial charge in [-0.1, -0.05) is 43.2 Å². The van der Waals surface area contributed by atoms with Crippen LogP contribution in [0.15, 0.2) is 24.3 Å². The van der Waals surface area contributed by atoms with Crippen molar-refractivity contribution in [3.63, 3.8) is 0 Å². The number of rotatable bonds is 1. The topological polar surface area (TPSA) is 17.1 Å². The van der Waals surface area contributed by atoms with E-state index in [1.54, 1.807) is 0 Å². The van der Waals surface area contributed by atoms with Gasteiger partial charge in [0.15, 0.2) is 5.78 Å². The van der Waals surface area contributed by atoms with Crippen molar-refractivity contribution in [1.29, 1.82) is 0 Å². The highest BCUT2D eigenvalue weighted by molar-refractivity contribution is 5.99. The number of hydrogen-bond acceptors (Lipinski definition) is 1. The maximum absolute atomic E-state index is 11.8. The molecule has 0 radical (unpaired) electrons. The third kappa shape index (κ3) is 2.85. The van der Waals surface area contributed by atoms with Gasteiger partial charge in [-0.2, -0.15) is 0 Å². The fraction of sp³-hybridized carbons (Fsp3) is 0.438. The van der Waals surface area contributed by atoms with Crippen molar-refractivity contribution in [2.45, 2.75) is 40.5 Å². The first-order valence-corrected chi connectivity index (χ1v) is 6.18. The standard InChI is InChI=1S/C16H20O/c1-11-5-12(2)7-13(6-11)14-8-15(17)10-16(3,4)9-14/h5-8H,9-10H2,1-4H3. The van der Waals surface area contributed by atoms with Crippen molar-refractivity contribution in [2.75, 3.05) is 0 Å². The largest absolute Gasteiger partial charge is 0.295 e. The molecule has 0 aromatic heterocycles. The van der Waals surface area contributed by atoms with Gasteiger partial charge in [-0.3, -0.25) is 4.79 Å². The van der Waals surface area contributed by atoms with Gasteiger partial charge in [0.25, 0.3) is 0 Å². The number of benzene rings is 1. The van der Waals surface area contributed by atoms with Gasteiger partial charge in [0.1, 0.15) is 0 Å². The van der Waals surface area contributed by atoms with E-state index in [0.717, 1.165) is 6.42 Å². The Kier molecular flexibility index (Phi) is 2.94. The van der Waals surface area contributed by atoms with Crippen LogP contribution in [0.1, 0.15) is 43.4 Å². The Hall–Kier alpha value is -1.37. The molecule has 0 amide bonds. The summed E-state index contributed by atoms with van der Waals surface area (Å²) in [5, 5.41) is 0. The lowest BCUT2D eigenvalue weighted by Gasteiger charge is -2.29. The molecule has 2 rings (SSSR count). The molecule has 0 saturated carbocycles. The molecule has 0 unspecified atom stereocenters. The zero-order valence-corrected chi connectivity index (χ0v) is 11.1. The summed E-state index contributed by atoms with van der Waals surface area (Å²) in [6.07, 6.45) is 3.49. The maximum Gasteiger partial charge on any atom is 0.156 e. The van der Waals surface area contributed by atoms with E-state index < -0.39 is 0 Å². The summed E-state index contributed by atoms with van der Waals surface area (Å²) in [6.45, 7) is 8.54. The number of carbonyl (C=O) groups is 1. The molecule has 1 nitrogen and oxygen atoms in total. The number of carbonyl (C=O) groups excluding carboxylic acids is 1. The van der Waals surface area contributed by atoms with Crippen molar-refractivity contribution in [2.24, 2.45) is 5.41 Å². The first-order valence-electron chi connectivity index (χ1n) is 6.18. The summed E-state index contributed by atoms with van der Waals surface area (Å²) in [4.78, 5) is 11.8. The van der Waals surface area contributed by atoms with Crippen molar-refractivity contribution >= 4 is 11.4 Å². The van der Waals surface area contributed by atoms with Gasteiger partial charge < -0.3 is 0 Å². The highest BCUT2D eigenvalue weighted by atomic mass is 16.1. The Morgan fingerprint density at radius 1 is 1.00 bits per heavy atom. The SMILES string of the molecule is Cc1cc(C)cc(C2=CC(=O)CC(C)(C)C2)c1. The summed E-state index contributed by atoms with van der Waals surface area (Å²) in [6, 6.07) is 6.51. The maximum atomic E-state index is 11.8. The minimum atomic E-state index is 0.0960. The Balaban J connectivity index is 2.43. The minimum absolute atomic E-state index is 0.0960. The van der Waals surface area contributed by atoms with E-state index in [-0.39, 0.29) is 11.2 Å². The van der Waals surface area contributed by atoms with E-state index in [2.05, 4.69) is 45.9 Å². The van der Waals surface area contributed by atoms with Crippen LogP contribution in [0.5, 0.6) is 0 Å². The van der Waals surface area contributed by atoms with E-state index in [1.807, 2.05) is 6.08 Å². The zero-order valence-electron chi connectivity index (χ0n) is 11.1. The van der Waals surface area contributed by atoms with Gasteiger partial charge >= 0.3 is 0 Å².